The van der Waals surface area contributed by atoms with E-state index >= 15 is 0 Å². The lowest BCUT2D eigenvalue weighted by molar-refractivity contribution is -0.384. The summed E-state index contributed by atoms with van der Waals surface area (Å²) in [7, 11) is 0. The predicted molar refractivity (Wildman–Crippen MR) is 96.4 cm³/mol. The number of nitrogens with zero attached hydrogens (tertiary/aromatic N) is 2. The molecule has 5 heteroatoms. The van der Waals surface area contributed by atoms with Crippen molar-refractivity contribution in [2.24, 2.45) is 4.99 Å². The third kappa shape index (κ3) is 4.19. The first-order chi connectivity index (χ1) is 11.6. The van der Waals surface area contributed by atoms with Crippen LogP contribution >= 0.6 is 0 Å². The van der Waals surface area contributed by atoms with Gasteiger partial charge < -0.3 is 5.11 Å². The topological polar surface area (TPSA) is 75.7 Å². The average Bonchev–Trinajstić information content (AvgIpc) is 2.56. The van der Waals surface area contributed by atoms with Crippen molar-refractivity contribution in [2.45, 2.75) is 39.5 Å². The summed E-state index contributed by atoms with van der Waals surface area (Å²) in [5, 5.41) is 20.8. The van der Waals surface area contributed by atoms with Crippen LogP contribution in [-0.2, 0) is 12.8 Å². The van der Waals surface area contributed by atoms with Gasteiger partial charge in [-0.3, -0.25) is 15.1 Å². The first-order valence-electron chi connectivity index (χ1n) is 8.19. The molecule has 24 heavy (non-hydrogen) atoms. The molecule has 0 heterocycles. The lowest BCUT2D eigenvalue weighted by Crippen LogP contribution is -1.93. The number of hydrogen-bond donors (Lipinski definition) is 1. The Morgan fingerprint density at radius 2 is 1.75 bits per heavy atom. The highest BCUT2D eigenvalue weighted by atomic mass is 16.6. The quantitative estimate of drug-likeness (QED) is 0.444. The van der Waals surface area contributed by atoms with Crippen molar-refractivity contribution < 1.29 is 10.0 Å². The molecule has 0 aliphatic carbocycles. The highest BCUT2D eigenvalue weighted by Crippen LogP contribution is 2.28. The zero-order valence-electron chi connectivity index (χ0n) is 14.0. The Morgan fingerprint density at radius 3 is 2.29 bits per heavy atom. The molecule has 2 aromatic rings. The van der Waals surface area contributed by atoms with E-state index < -0.39 is 4.92 Å². The summed E-state index contributed by atoms with van der Waals surface area (Å²) in [4.78, 5) is 15.0. The average molecular weight is 326 g/mol. The Morgan fingerprint density at radius 1 is 1.12 bits per heavy atom. The molecule has 0 aromatic heterocycles. The lowest BCUT2D eigenvalue weighted by atomic mass is 10.0. The Bertz CT molecular complexity index is 730. The van der Waals surface area contributed by atoms with Gasteiger partial charge in [-0.1, -0.05) is 44.9 Å². The van der Waals surface area contributed by atoms with Crippen molar-refractivity contribution in [1.29, 1.82) is 0 Å². The van der Waals surface area contributed by atoms with E-state index in [1.165, 1.54) is 24.4 Å². The van der Waals surface area contributed by atoms with Crippen LogP contribution in [0.5, 0.6) is 5.75 Å². The van der Waals surface area contributed by atoms with Crippen LogP contribution in [0.25, 0.3) is 0 Å². The van der Waals surface area contributed by atoms with Gasteiger partial charge in [0.05, 0.1) is 10.6 Å². The highest BCUT2D eigenvalue weighted by molar-refractivity contribution is 5.87. The minimum absolute atomic E-state index is 0.0191. The number of benzene rings is 2. The van der Waals surface area contributed by atoms with Gasteiger partial charge in [-0.25, -0.2) is 0 Å². The Hall–Kier alpha value is -2.69. The van der Waals surface area contributed by atoms with Crippen molar-refractivity contribution >= 4 is 17.6 Å². The molecule has 0 spiro atoms. The number of phenols is 1. The second-order valence-corrected chi connectivity index (χ2v) is 5.68. The van der Waals surface area contributed by atoms with E-state index in [-0.39, 0.29) is 11.4 Å². The van der Waals surface area contributed by atoms with Gasteiger partial charge in [0.2, 0.25) is 0 Å². The summed E-state index contributed by atoms with van der Waals surface area (Å²) in [5.74, 6) is -0.0191. The number of non-ortho nitro benzene ring substituents is 1. The summed E-state index contributed by atoms with van der Waals surface area (Å²) < 4.78 is 0. The molecule has 0 radical (unpaired) electrons. The largest absolute Gasteiger partial charge is 0.507 e. The fraction of sp³-hybridized carbons (Fsp3) is 0.316. The number of aliphatic imine (C=N–C) groups is 1. The zero-order chi connectivity index (χ0) is 17.5. The Labute approximate surface area is 141 Å². The SMILES string of the molecule is CCCc1cccc(CCC)c1N=Cc1cc([N+](=O)[O-])ccc1O. The summed E-state index contributed by atoms with van der Waals surface area (Å²) >= 11 is 0. The van der Waals surface area contributed by atoms with E-state index in [2.05, 4.69) is 31.0 Å². The number of para-hydroxylation sites is 1. The number of aryl methyl sites for hydroxylation is 2. The molecule has 0 amide bonds. The molecule has 0 bridgehead atoms. The maximum absolute atomic E-state index is 10.9. The smallest absolute Gasteiger partial charge is 0.270 e. The molecule has 0 atom stereocenters. The number of nitro benzene ring substituents is 1. The zero-order valence-corrected chi connectivity index (χ0v) is 14.0. The van der Waals surface area contributed by atoms with E-state index in [0.29, 0.717) is 5.56 Å². The third-order valence-electron chi connectivity index (χ3n) is 3.80. The molecule has 2 aromatic carbocycles. The molecule has 1 N–H and O–H groups in total. The summed E-state index contributed by atoms with van der Waals surface area (Å²) in [6.07, 6.45) is 5.38. The molecule has 0 aliphatic heterocycles. The van der Waals surface area contributed by atoms with Crippen molar-refractivity contribution in [3.8, 4) is 5.75 Å². The van der Waals surface area contributed by atoms with Crippen LogP contribution in [0, 0.1) is 10.1 Å². The van der Waals surface area contributed by atoms with Gasteiger partial charge in [-0.05, 0) is 30.0 Å². The van der Waals surface area contributed by atoms with Crippen molar-refractivity contribution in [3.63, 3.8) is 0 Å². The second kappa shape index (κ2) is 8.24. The van der Waals surface area contributed by atoms with Gasteiger partial charge in [0.25, 0.3) is 5.69 Å². The number of rotatable bonds is 7. The minimum atomic E-state index is -0.482. The minimum Gasteiger partial charge on any atom is -0.507 e. The van der Waals surface area contributed by atoms with Gasteiger partial charge in [0.1, 0.15) is 5.75 Å². The standard InChI is InChI=1S/C19H22N2O3/c1-3-6-14-8-5-9-15(7-4-2)19(14)20-13-16-12-17(21(23)24)10-11-18(16)22/h5,8-13,22H,3-4,6-7H2,1-2H3. The second-order valence-electron chi connectivity index (χ2n) is 5.68. The van der Waals surface area contributed by atoms with Crippen LogP contribution in [0.15, 0.2) is 41.4 Å². The van der Waals surface area contributed by atoms with Crippen LogP contribution < -0.4 is 0 Å². The molecular formula is C19H22N2O3. The van der Waals surface area contributed by atoms with E-state index in [9.17, 15) is 15.2 Å². The molecule has 5 nitrogen and oxygen atoms in total. The van der Waals surface area contributed by atoms with Crippen molar-refractivity contribution in [1.82, 2.24) is 0 Å². The fourth-order valence-corrected chi connectivity index (χ4v) is 2.65. The van der Waals surface area contributed by atoms with E-state index in [0.717, 1.165) is 42.5 Å². The van der Waals surface area contributed by atoms with Gasteiger partial charge in [0, 0.05) is 23.9 Å². The number of phenolic OH excluding ortho intramolecular Hbond substituents is 1. The van der Waals surface area contributed by atoms with Crippen LogP contribution in [0.2, 0.25) is 0 Å². The number of aromatic hydroxyl groups is 1. The van der Waals surface area contributed by atoms with E-state index in [4.69, 9.17) is 0 Å². The summed E-state index contributed by atoms with van der Waals surface area (Å²) in [6, 6.07) is 10.1. The fourth-order valence-electron chi connectivity index (χ4n) is 2.65. The third-order valence-corrected chi connectivity index (χ3v) is 3.80. The summed E-state index contributed by atoms with van der Waals surface area (Å²) in [5.41, 5.74) is 3.50. The summed E-state index contributed by atoms with van der Waals surface area (Å²) in [6.45, 7) is 4.23. The van der Waals surface area contributed by atoms with E-state index in [1.54, 1.807) is 0 Å². The van der Waals surface area contributed by atoms with E-state index in [1.807, 2.05) is 6.07 Å². The van der Waals surface area contributed by atoms with Gasteiger partial charge >= 0.3 is 0 Å². The van der Waals surface area contributed by atoms with Crippen molar-refractivity contribution in [2.75, 3.05) is 0 Å². The first-order valence-corrected chi connectivity index (χ1v) is 8.19. The number of nitro groups is 1. The molecule has 126 valence electrons. The molecule has 0 unspecified atom stereocenters. The van der Waals surface area contributed by atoms with Gasteiger partial charge in [0.15, 0.2) is 0 Å². The van der Waals surface area contributed by atoms with Gasteiger partial charge in [-0.2, -0.15) is 0 Å². The Kier molecular flexibility index (Phi) is 6.07. The van der Waals surface area contributed by atoms with Crippen LogP contribution in [0.3, 0.4) is 0 Å². The van der Waals surface area contributed by atoms with Crippen molar-refractivity contribution in [3.05, 3.63) is 63.2 Å². The molecule has 2 rings (SSSR count). The molecule has 0 saturated carbocycles. The first kappa shape index (κ1) is 17.7. The Balaban J connectivity index is 2.44. The molecule has 0 aliphatic rings. The molecule has 0 fully saturated rings. The van der Waals surface area contributed by atoms with Crippen LogP contribution in [0.1, 0.15) is 43.4 Å². The lowest BCUT2D eigenvalue weighted by Gasteiger charge is -2.10. The molecular weight excluding hydrogens is 304 g/mol. The normalized spacial score (nSPS) is 11.1. The predicted octanol–water partition coefficient (Wildman–Crippen LogP) is 4.96. The molecule has 0 saturated heterocycles. The number of hydrogen-bond acceptors (Lipinski definition) is 4. The highest BCUT2D eigenvalue weighted by Gasteiger charge is 2.10. The van der Waals surface area contributed by atoms with Crippen LogP contribution in [0.4, 0.5) is 11.4 Å². The maximum atomic E-state index is 10.9. The van der Waals surface area contributed by atoms with Gasteiger partial charge in [-0.15, -0.1) is 0 Å². The van der Waals surface area contributed by atoms with Crippen LogP contribution in [-0.4, -0.2) is 16.2 Å². The maximum Gasteiger partial charge on any atom is 0.270 e. The monoisotopic (exact) mass is 326 g/mol.